The fourth-order valence-corrected chi connectivity index (χ4v) is 3.85. The SMILES string of the molecule is O=C(N[C@@H](Cc1ccccc1)C(=O)Nc1ccccc1N1CCOCC1)OCc1ccccc1. The first kappa shape index (κ1) is 23.3. The fraction of sp³-hybridized carbons (Fsp3) is 0.259. The Hall–Kier alpha value is -3.84. The number of carbonyl (C=O) groups is 2. The average Bonchev–Trinajstić information content (AvgIpc) is 2.89. The summed E-state index contributed by atoms with van der Waals surface area (Å²) >= 11 is 0. The van der Waals surface area contributed by atoms with Crippen molar-refractivity contribution in [1.82, 2.24) is 5.32 Å². The Kier molecular flexibility index (Phi) is 8.13. The molecule has 1 atom stereocenters. The third kappa shape index (κ3) is 6.59. The molecule has 1 saturated heterocycles. The van der Waals surface area contributed by atoms with E-state index in [4.69, 9.17) is 9.47 Å². The summed E-state index contributed by atoms with van der Waals surface area (Å²) in [7, 11) is 0. The molecule has 0 radical (unpaired) electrons. The summed E-state index contributed by atoms with van der Waals surface area (Å²) in [5.41, 5.74) is 3.45. The van der Waals surface area contributed by atoms with E-state index < -0.39 is 12.1 Å². The van der Waals surface area contributed by atoms with Crippen LogP contribution < -0.4 is 15.5 Å². The molecular formula is C27H29N3O4. The van der Waals surface area contributed by atoms with Crippen LogP contribution in [-0.2, 0) is 27.3 Å². The monoisotopic (exact) mass is 459 g/mol. The lowest BCUT2D eigenvalue weighted by Gasteiger charge is -2.30. The molecule has 3 aromatic carbocycles. The number of nitrogens with one attached hydrogen (secondary N) is 2. The minimum Gasteiger partial charge on any atom is -0.445 e. The Labute approximate surface area is 199 Å². The lowest BCUT2D eigenvalue weighted by molar-refractivity contribution is -0.118. The van der Waals surface area contributed by atoms with Gasteiger partial charge in [-0.3, -0.25) is 4.79 Å². The Morgan fingerprint density at radius 3 is 2.18 bits per heavy atom. The molecule has 2 amide bonds. The number of para-hydroxylation sites is 2. The highest BCUT2D eigenvalue weighted by molar-refractivity contribution is 5.99. The number of amides is 2. The minimum atomic E-state index is -0.802. The van der Waals surface area contributed by atoms with Gasteiger partial charge in [-0.25, -0.2) is 4.79 Å². The van der Waals surface area contributed by atoms with Crippen LogP contribution in [0.15, 0.2) is 84.9 Å². The van der Waals surface area contributed by atoms with E-state index in [0.29, 0.717) is 25.3 Å². The second kappa shape index (κ2) is 11.9. The van der Waals surface area contributed by atoms with Crippen molar-refractivity contribution < 1.29 is 19.1 Å². The van der Waals surface area contributed by atoms with Crippen molar-refractivity contribution >= 4 is 23.4 Å². The van der Waals surface area contributed by atoms with Crippen LogP contribution in [0.1, 0.15) is 11.1 Å². The van der Waals surface area contributed by atoms with Gasteiger partial charge in [-0.05, 0) is 23.3 Å². The molecule has 1 aliphatic rings. The van der Waals surface area contributed by atoms with Gasteiger partial charge in [0, 0.05) is 19.5 Å². The highest BCUT2D eigenvalue weighted by Crippen LogP contribution is 2.26. The molecule has 0 aliphatic carbocycles. The van der Waals surface area contributed by atoms with Gasteiger partial charge in [0.25, 0.3) is 0 Å². The van der Waals surface area contributed by atoms with E-state index >= 15 is 0 Å². The van der Waals surface area contributed by atoms with Gasteiger partial charge in [0.05, 0.1) is 24.6 Å². The van der Waals surface area contributed by atoms with Crippen LogP contribution >= 0.6 is 0 Å². The van der Waals surface area contributed by atoms with Gasteiger partial charge < -0.3 is 25.0 Å². The molecular weight excluding hydrogens is 430 g/mol. The van der Waals surface area contributed by atoms with Crippen molar-refractivity contribution in [3.05, 3.63) is 96.1 Å². The first-order chi connectivity index (χ1) is 16.7. The maximum absolute atomic E-state index is 13.3. The molecule has 176 valence electrons. The zero-order valence-electron chi connectivity index (χ0n) is 19.0. The van der Waals surface area contributed by atoms with E-state index in [1.54, 1.807) is 0 Å². The Bertz CT molecular complexity index is 1070. The molecule has 0 bridgehead atoms. The fourth-order valence-electron chi connectivity index (χ4n) is 3.85. The van der Waals surface area contributed by atoms with Gasteiger partial charge in [-0.15, -0.1) is 0 Å². The van der Waals surface area contributed by atoms with Crippen molar-refractivity contribution in [3.8, 4) is 0 Å². The maximum Gasteiger partial charge on any atom is 0.408 e. The van der Waals surface area contributed by atoms with Crippen molar-refractivity contribution in [1.29, 1.82) is 0 Å². The number of hydrogen-bond acceptors (Lipinski definition) is 5. The van der Waals surface area contributed by atoms with Gasteiger partial charge in [-0.2, -0.15) is 0 Å². The summed E-state index contributed by atoms with van der Waals surface area (Å²) in [5, 5.41) is 5.76. The number of alkyl carbamates (subject to hydrolysis) is 1. The van der Waals surface area contributed by atoms with Crippen LogP contribution in [0.2, 0.25) is 0 Å². The second-order valence-electron chi connectivity index (χ2n) is 8.05. The summed E-state index contributed by atoms with van der Waals surface area (Å²) in [4.78, 5) is 28.1. The van der Waals surface area contributed by atoms with Crippen molar-refractivity contribution in [2.45, 2.75) is 19.1 Å². The summed E-state index contributed by atoms with van der Waals surface area (Å²) < 4.78 is 10.8. The van der Waals surface area contributed by atoms with Crippen LogP contribution in [0.25, 0.3) is 0 Å². The molecule has 1 aliphatic heterocycles. The van der Waals surface area contributed by atoms with E-state index in [2.05, 4.69) is 15.5 Å². The van der Waals surface area contributed by atoms with Gasteiger partial charge in [0.15, 0.2) is 0 Å². The molecule has 34 heavy (non-hydrogen) atoms. The summed E-state index contributed by atoms with van der Waals surface area (Å²) in [6.45, 7) is 2.93. The zero-order valence-corrected chi connectivity index (χ0v) is 19.0. The predicted molar refractivity (Wildman–Crippen MR) is 132 cm³/mol. The third-order valence-electron chi connectivity index (χ3n) is 5.62. The van der Waals surface area contributed by atoms with E-state index in [-0.39, 0.29) is 12.5 Å². The molecule has 0 unspecified atom stereocenters. The first-order valence-corrected chi connectivity index (χ1v) is 11.4. The molecule has 0 aromatic heterocycles. The molecule has 0 saturated carbocycles. The van der Waals surface area contributed by atoms with E-state index in [0.717, 1.165) is 29.9 Å². The molecule has 1 heterocycles. The zero-order chi connectivity index (χ0) is 23.6. The number of benzene rings is 3. The van der Waals surface area contributed by atoms with Crippen LogP contribution in [-0.4, -0.2) is 44.3 Å². The second-order valence-corrected chi connectivity index (χ2v) is 8.05. The molecule has 3 aromatic rings. The van der Waals surface area contributed by atoms with Crippen molar-refractivity contribution in [3.63, 3.8) is 0 Å². The smallest absolute Gasteiger partial charge is 0.408 e. The molecule has 4 rings (SSSR count). The number of ether oxygens (including phenoxy) is 2. The summed E-state index contributed by atoms with van der Waals surface area (Å²) in [5.74, 6) is -0.304. The Balaban J connectivity index is 1.46. The van der Waals surface area contributed by atoms with Crippen LogP contribution in [0.3, 0.4) is 0 Å². The Morgan fingerprint density at radius 2 is 1.47 bits per heavy atom. The highest BCUT2D eigenvalue weighted by atomic mass is 16.5. The lowest BCUT2D eigenvalue weighted by atomic mass is 10.1. The standard InChI is InChI=1S/C27H29N3O4/c31-26(28-23-13-7-8-14-25(23)30-15-17-33-18-16-30)24(19-21-9-3-1-4-10-21)29-27(32)34-20-22-11-5-2-6-12-22/h1-14,24H,15-20H2,(H,28,31)(H,29,32)/t24-/m0/s1. The first-order valence-electron chi connectivity index (χ1n) is 11.4. The Morgan fingerprint density at radius 1 is 0.853 bits per heavy atom. The quantitative estimate of drug-likeness (QED) is 0.532. The number of anilines is 2. The molecule has 7 nitrogen and oxygen atoms in total. The van der Waals surface area contributed by atoms with Crippen LogP contribution in [0.4, 0.5) is 16.2 Å². The van der Waals surface area contributed by atoms with Crippen molar-refractivity contribution in [2.24, 2.45) is 0 Å². The number of nitrogens with zero attached hydrogens (tertiary/aromatic N) is 1. The van der Waals surface area contributed by atoms with Gasteiger partial charge in [0.1, 0.15) is 12.6 Å². The molecule has 0 spiro atoms. The van der Waals surface area contributed by atoms with Crippen LogP contribution in [0.5, 0.6) is 0 Å². The highest BCUT2D eigenvalue weighted by Gasteiger charge is 2.24. The third-order valence-corrected chi connectivity index (χ3v) is 5.62. The minimum absolute atomic E-state index is 0.131. The van der Waals surface area contributed by atoms with E-state index in [1.807, 2.05) is 84.9 Å². The predicted octanol–water partition coefficient (Wildman–Crippen LogP) is 4.00. The number of morpholine rings is 1. The maximum atomic E-state index is 13.3. The van der Waals surface area contributed by atoms with E-state index in [1.165, 1.54) is 0 Å². The number of hydrogen-bond donors (Lipinski definition) is 2. The number of rotatable bonds is 8. The van der Waals surface area contributed by atoms with Gasteiger partial charge in [-0.1, -0.05) is 72.8 Å². The summed E-state index contributed by atoms with van der Waals surface area (Å²) in [6, 6.07) is 25.9. The van der Waals surface area contributed by atoms with E-state index in [9.17, 15) is 9.59 Å². The van der Waals surface area contributed by atoms with Crippen molar-refractivity contribution in [2.75, 3.05) is 36.5 Å². The number of carbonyl (C=O) groups excluding carboxylic acids is 2. The largest absolute Gasteiger partial charge is 0.445 e. The molecule has 1 fully saturated rings. The normalized spacial score (nSPS) is 14.2. The lowest BCUT2D eigenvalue weighted by Crippen LogP contribution is -2.45. The van der Waals surface area contributed by atoms with Crippen LogP contribution in [0, 0.1) is 0 Å². The summed E-state index contributed by atoms with van der Waals surface area (Å²) in [6.07, 6.45) is -0.297. The molecule has 7 heteroatoms. The van der Waals surface area contributed by atoms with Gasteiger partial charge in [0.2, 0.25) is 5.91 Å². The van der Waals surface area contributed by atoms with Gasteiger partial charge >= 0.3 is 6.09 Å². The molecule has 2 N–H and O–H groups in total. The topological polar surface area (TPSA) is 79.9 Å². The average molecular weight is 460 g/mol.